The van der Waals surface area contributed by atoms with E-state index in [1.165, 1.54) is 0 Å². The van der Waals surface area contributed by atoms with Crippen molar-refractivity contribution in [2.75, 3.05) is 20.3 Å². The van der Waals surface area contributed by atoms with Gasteiger partial charge in [0.2, 0.25) is 0 Å². The summed E-state index contributed by atoms with van der Waals surface area (Å²) in [5, 5.41) is 4.17. The highest BCUT2D eigenvalue weighted by Gasteiger charge is 2.11. The van der Waals surface area contributed by atoms with Crippen LogP contribution in [0.1, 0.15) is 24.9 Å². The molecule has 1 atom stereocenters. The number of benzene rings is 1. The molecule has 0 spiro atoms. The molecule has 0 aliphatic carbocycles. The number of halogens is 2. The highest BCUT2D eigenvalue weighted by atomic mass is 79.9. The van der Waals surface area contributed by atoms with Crippen LogP contribution in [0.2, 0.25) is 5.02 Å². The number of hydrogen-bond donors (Lipinski definition) is 1. The molecule has 0 heterocycles. The normalized spacial score (nSPS) is 12.8. The average Bonchev–Trinajstić information content (AvgIpc) is 2.28. The molecule has 0 bridgehead atoms. The van der Waals surface area contributed by atoms with Crippen molar-refractivity contribution in [3.8, 4) is 0 Å². The van der Waals surface area contributed by atoms with Crippen molar-refractivity contribution in [3.63, 3.8) is 0 Å². The lowest BCUT2D eigenvalue weighted by Crippen LogP contribution is -2.25. The molecule has 16 heavy (non-hydrogen) atoms. The topological polar surface area (TPSA) is 21.3 Å². The van der Waals surface area contributed by atoms with Gasteiger partial charge in [0.25, 0.3) is 0 Å². The van der Waals surface area contributed by atoms with E-state index in [1.807, 2.05) is 12.1 Å². The van der Waals surface area contributed by atoms with Crippen molar-refractivity contribution in [1.29, 1.82) is 0 Å². The second-order valence-electron chi connectivity index (χ2n) is 3.64. The Labute approximate surface area is 110 Å². The highest BCUT2D eigenvalue weighted by Crippen LogP contribution is 2.26. The molecule has 0 aromatic heterocycles. The number of nitrogens with one attached hydrogen (secondary N) is 1. The van der Waals surface area contributed by atoms with Crippen molar-refractivity contribution in [1.82, 2.24) is 5.32 Å². The van der Waals surface area contributed by atoms with Crippen LogP contribution in [0.15, 0.2) is 22.7 Å². The standard InChI is InChI=1S/C12H17BrClNO/c1-3-6-15-12(8-16-2)9-4-5-10(13)11(14)7-9/h4-5,7,12,15H,3,6,8H2,1-2H3. The van der Waals surface area contributed by atoms with E-state index < -0.39 is 0 Å². The minimum absolute atomic E-state index is 0.204. The van der Waals surface area contributed by atoms with Gasteiger partial charge in [-0.2, -0.15) is 0 Å². The smallest absolute Gasteiger partial charge is 0.0657 e. The van der Waals surface area contributed by atoms with Gasteiger partial charge in [0.15, 0.2) is 0 Å². The maximum atomic E-state index is 6.08. The molecule has 1 aromatic rings. The molecule has 1 N–H and O–H groups in total. The van der Waals surface area contributed by atoms with Crippen molar-refractivity contribution in [2.24, 2.45) is 0 Å². The summed E-state index contributed by atoms with van der Waals surface area (Å²) in [7, 11) is 1.71. The maximum absolute atomic E-state index is 6.08. The molecule has 0 fully saturated rings. The third-order valence-corrected chi connectivity index (χ3v) is 3.55. The average molecular weight is 307 g/mol. The molecule has 1 rings (SSSR count). The molecular formula is C12H17BrClNO. The molecule has 0 aliphatic rings. The van der Waals surface area contributed by atoms with Crippen LogP contribution in [0.4, 0.5) is 0 Å². The lowest BCUT2D eigenvalue weighted by atomic mass is 10.1. The van der Waals surface area contributed by atoms with E-state index in [0.717, 1.165) is 28.0 Å². The van der Waals surface area contributed by atoms with Crippen LogP contribution >= 0.6 is 27.5 Å². The maximum Gasteiger partial charge on any atom is 0.0657 e. The summed E-state index contributed by atoms with van der Waals surface area (Å²) >= 11 is 9.46. The van der Waals surface area contributed by atoms with Gasteiger partial charge < -0.3 is 10.1 Å². The van der Waals surface area contributed by atoms with Gasteiger partial charge >= 0.3 is 0 Å². The van der Waals surface area contributed by atoms with Crippen LogP contribution in [-0.2, 0) is 4.74 Å². The summed E-state index contributed by atoms with van der Waals surface area (Å²) in [5.41, 5.74) is 1.16. The summed E-state index contributed by atoms with van der Waals surface area (Å²) in [6, 6.07) is 6.20. The monoisotopic (exact) mass is 305 g/mol. The van der Waals surface area contributed by atoms with Gasteiger partial charge in [-0.1, -0.05) is 24.6 Å². The van der Waals surface area contributed by atoms with Crippen LogP contribution in [-0.4, -0.2) is 20.3 Å². The fourth-order valence-electron chi connectivity index (χ4n) is 1.49. The third-order valence-electron chi connectivity index (χ3n) is 2.32. The van der Waals surface area contributed by atoms with Crippen molar-refractivity contribution < 1.29 is 4.74 Å². The van der Waals surface area contributed by atoms with Crippen LogP contribution in [0.3, 0.4) is 0 Å². The Morgan fingerprint density at radius 2 is 2.25 bits per heavy atom. The first kappa shape index (κ1) is 14.0. The molecule has 90 valence electrons. The zero-order valence-corrected chi connectivity index (χ0v) is 11.9. The van der Waals surface area contributed by atoms with Gasteiger partial charge in [0.05, 0.1) is 17.7 Å². The van der Waals surface area contributed by atoms with Crippen molar-refractivity contribution >= 4 is 27.5 Å². The van der Waals surface area contributed by atoms with E-state index in [4.69, 9.17) is 16.3 Å². The van der Waals surface area contributed by atoms with E-state index in [-0.39, 0.29) is 6.04 Å². The summed E-state index contributed by atoms with van der Waals surface area (Å²) in [5.74, 6) is 0. The van der Waals surface area contributed by atoms with Gasteiger partial charge in [-0.15, -0.1) is 0 Å². The Morgan fingerprint density at radius 1 is 1.50 bits per heavy atom. The Kier molecular flexibility index (Phi) is 6.36. The first-order valence-electron chi connectivity index (χ1n) is 5.36. The number of hydrogen-bond acceptors (Lipinski definition) is 2. The van der Waals surface area contributed by atoms with E-state index in [1.54, 1.807) is 7.11 Å². The third kappa shape index (κ3) is 4.06. The minimum Gasteiger partial charge on any atom is -0.383 e. The van der Waals surface area contributed by atoms with E-state index in [2.05, 4.69) is 34.2 Å². The van der Waals surface area contributed by atoms with Crippen LogP contribution in [0.25, 0.3) is 0 Å². The molecule has 0 aliphatic heterocycles. The first-order chi connectivity index (χ1) is 7.69. The summed E-state index contributed by atoms with van der Waals surface area (Å²) in [6.45, 7) is 3.77. The van der Waals surface area contributed by atoms with E-state index >= 15 is 0 Å². The highest BCUT2D eigenvalue weighted by molar-refractivity contribution is 9.10. The van der Waals surface area contributed by atoms with Gasteiger partial charge in [-0.3, -0.25) is 0 Å². The number of methoxy groups -OCH3 is 1. The first-order valence-corrected chi connectivity index (χ1v) is 6.53. The Balaban J connectivity index is 2.78. The SMILES string of the molecule is CCCNC(COC)c1ccc(Br)c(Cl)c1. The molecule has 0 saturated heterocycles. The molecule has 1 aromatic carbocycles. The number of ether oxygens (including phenoxy) is 1. The zero-order valence-electron chi connectivity index (χ0n) is 9.59. The van der Waals surface area contributed by atoms with Crippen molar-refractivity contribution in [3.05, 3.63) is 33.3 Å². The molecule has 2 nitrogen and oxygen atoms in total. The van der Waals surface area contributed by atoms with Crippen LogP contribution in [0, 0.1) is 0 Å². The fourth-order valence-corrected chi connectivity index (χ4v) is 1.92. The lowest BCUT2D eigenvalue weighted by Gasteiger charge is -2.18. The van der Waals surface area contributed by atoms with Crippen LogP contribution in [0.5, 0.6) is 0 Å². The van der Waals surface area contributed by atoms with E-state index in [0.29, 0.717) is 6.61 Å². The fraction of sp³-hybridized carbons (Fsp3) is 0.500. The number of rotatable bonds is 6. The Morgan fingerprint density at radius 3 is 2.81 bits per heavy atom. The van der Waals surface area contributed by atoms with Gasteiger partial charge in [-0.05, 0) is 46.6 Å². The van der Waals surface area contributed by atoms with Gasteiger partial charge in [0, 0.05) is 11.6 Å². The molecule has 0 radical (unpaired) electrons. The predicted molar refractivity (Wildman–Crippen MR) is 72.1 cm³/mol. The Bertz CT molecular complexity index is 333. The quantitative estimate of drug-likeness (QED) is 0.863. The Hall–Kier alpha value is -0.0900. The van der Waals surface area contributed by atoms with E-state index in [9.17, 15) is 0 Å². The zero-order chi connectivity index (χ0) is 12.0. The summed E-state index contributed by atoms with van der Waals surface area (Å²) in [4.78, 5) is 0. The molecule has 1 unspecified atom stereocenters. The summed E-state index contributed by atoms with van der Waals surface area (Å²) < 4.78 is 6.13. The predicted octanol–water partition coefficient (Wildman–Crippen LogP) is 3.79. The molecule has 4 heteroatoms. The van der Waals surface area contributed by atoms with Crippen LogP contribution < -0.4 is 5.32 Å². The molecule has 0 amide bonds. The lowest BCUT2D eigenvalue weighted by molar-refractivity contribution is 0.167. The summed E-state index contributed by atoms with van der Waals surface area (Å²) in [6.07, 6.45) is 1.10. The minimum atomic E-state index is 0.204. The second kappa shape index (κ2) is 7.28. The van der Waals surface area contributed by atoms with Crippen molar-refractivity contribution in [2.45, 2.75) is 19.4 Å². The molecule has 0 saturated carbocycles. The molecular weight excluding hydrogens is 289 g/mol. The largest absolute Gasteiger partial charge is 0.383 e. The van der Waals surface area contributed by atoms with Gasteiger partial charge in [-0.25, -0.2) is 0 Å². The second-order valence-corrected chi connectivity index (χ2v) is 4.90. The van der Waals surface area contributed by atoms with Gasteiger partial charge in [0.1, 0.15) is 0 Å².